The van der Waals surface area contributed by atoms with Crippen LogP contribution in [0.25, 0.3) is 10.9 Å². The molecule has 0 unspecified atom stereocenters. The van der Waals surface area contributed by atoms with E-state index >= 15 is 0 Å². The number of ether oxygens (including phenoxy) is 4. The summed E-state index contributed by atoms with van der Waals surface area (Å²) in [6, 6.07) is -1.51. The second kappa shape index (κ2) is 25.0. The van der Waals surface area contributed by atoms with E-state index in [0.29, 0.717) is 16.5 Å². The van der Waals surface area contributed by atoms with Crippen molar-refractivity contribution in [2.75, 3.05) is 34.4 Å². The fourth-order valence-electron chi connectivity index (χ4n) is 7.91. The van der Waals surface area contributed by atoms with Crippen LogP contribution in [0.3, 0.4) is 0 Å². The van der Waals surface area contributed by atoms with Gasteiger partial charge in [0.2, 0.25) is 23.6 Å². The molecule has 1 aromatic heterocycles. The number of fused-ring (bicyclic) bond motifs is 1. The standard InChI is InChI=1S/C50H77FN6O12/c1-18-67-39(59)25-23-35(46(64)68-19-2)53-43(61)34(22-24-38(58)66-17)52-42(60)30(5)26-36(29(3)4)56(15)45(63)40(48(6,7)8)54-44(62)41(57(16)47(65)69-49(9,10)11)50(12,13)33-28-55(14)37-27-31(51)20-21-32(33)37/h20-21,26-29,34-36,40-41H,18-19,22-25H2,1-17H3,(H,52,60)(H,53,61)(H,54,62)/b30-26+/t34-,35-,36-,40-,41-/m1/s1. The molecule has 0 saturated carbocycles. The second-order valence-electron chi connectivity index (χ2n) is 20.2. The number of benzene rings is 1. The lowest BCUT2D eigenvalue weighted by Crippen LogP contribution is -2.63. The molecule has 0 fully saturated rings. The summed E-state index contributed by atoms with van der Waals surface area (Å²) in [5.41, 5.74) is -1.67. The number of likely N-dealkylation sites (N-methyl/N-ethyl adjacent to an activating group) is 2. The zero-order valence-electron chi connectivity index (χ0n) is 43.7. The van der Waals surface area contributed by atoms with E-state index in [4.69, 9.17) is 18.9 Å². The van der Waals surface area contributed by atoms with Gasteiger partial charge < -0.3 is 44.4 Å². The Labute approximate surface area is 406 Å². The highest BCUT2D eigenvalue weighted by atomic mass is 19.1. The largest absolute Gasteiger partial charge is 0.469 e. The molecule has 3 N–H and O–H groups in total. The molecule has 1 aromatic carbocycles. The normalized spacial score (nSPS) is 14.4. The van der Waals surface area contributed by atoms with Gasteiger partial charge in [-0.2, -0.15) is 0 Å². The third kappa shape index (κ3) is 16.6. The maximum Gasteiger partial charge on any atom is 0.410 e. The number of carbonyl (C=O) groups is 8. The summed E-state index contributed by atoms with van der Waals surface area (Å²) in [5.74, 6) is -5.53. The van der Waals surface area contributed by atoms with Crippen LogP contribution in [0.5, 0.6) is 0 Å². The first-order chi connectivity index (χ1) is 31.8. The fourth-order valence-corrected chi connectivity index (χ4v) is 7.91. The number of rotatable bonds is 22. The van der Waals surface area contributed by atoms with Gasteiger partial charge in [-0.15, -0.1) is 0 Å². The van der Waals surface area contributed by atoms with Crippen LogP contribution in [0.4, 0.5) is 9.18 Å². The third-order valence-electron chi connectivity index (χ3n) is 11.6. The SMILES string of the molecule is CCOC(=O)CC[C@@H](NC(=O)[C@@H](CCC(=O)OC)NC(=O)/C(C)=C/[C@H](C(C)C)N(C)C(=O)[C@@H](NC(=O)[C@@H](N(C)C(=O)OC(C)(C)C)C(C)(C)c1cn(C)c2cc(F)ccc12)C(C)(C)C)C(=O)OCC. The van der Waals surface area contributed by atoms with Gasteiger partial charge in [0, 0.05) is 56.6 Å². The van der Waals surface area contributed by atoms with Crippen molar-refractivity contribution in [3.05, 3.63) is 47.4 Å². The molecule has 386 valence electrons. The number of nitrogens with zero attached hydrogens (tertiary/aromatic N) is 3. The van der Waals surface area contributed by atoms with E-state index in [2.05, 4.69) is 16.0 Å². The van der Waals surface area contributed by atoms with E-state index in [-0.39, 0.29) is 50.4 Å². The van der Waals surface area contributed by atoms with Crippen LogP contribution in [-0.2, 0) is 65.0 Å². The predicted octanol–water partition coefficient (Wildman–Crippen LogP) is 5.62. The van der Waals surface area contributed by atoms with Crippen LogP contribution in [0.15, 0.2) is 36.0 Å². The third-order valence-corrected chi connectivity index (χ3v) is 11.6. The molecule has 19 heteroatoms. The fraction of sp³-hybridized carbons (Fsp3) is 0.640. The number of hydrogen-bond donors (Lipinski definition) is 3. The Hall–Kier alpha value is -6.01. The van der Waals surface area contributed by atoms with Crippen molar-refractivity contribution in [3.63, 3.8) is 0 Å². The van der Waals surface area contributed by atoms with E-state index in [9.17, 15) is 42.7 Å². The number of aryl methyl sites for hydroxylation is 1. The van der Waals surface area contributed by atoms with E-state index in [1.165, 1.54) is 43.0 Å². The van der Waals surface area contributed by atoms with E-state index in [0.717, 1.165) is 0 Å². The first-order valence-electron chi connectivity index (χ1n) is 23.3. The number of carbonyl (C=O) groups excluding carboxylic acids is 8. The number of amides is 5. The smallest absolute Gasteiger partial charge is 0.410 e. The molecular weight excluding hydrogens is 896 g/mol. The Morgan fingerprint density at radius 2 is 1.38 bits per heavy atom. The van der Waals surface area contributed by atoms with Crippen molar-refractivity contribution < 1.29 is 61.7 Å². The van der Waals surface area contributed by atoms with Crippen molar-refractivity contribution in [2.24, 2.45) is 18.4 Å². The number of esters is 3. The molecule has 0 aliphatic heterocycles. The summed E-state index contributed by atoms with van der Waals surface area (Å²) in [7, 11) is 5.92. The van der Waals surface area contributed by atoms with Crippen molar-refractivity contribution in [2.45, 2.75) is 157 Å². The summed E-state index contributed by atoms with van der Waals surface area (Å²) in [6.07, 6.45) is 1.70. The molecule has 69 heavy (non-hydrogen) atoms. The van der Waals surface area contributed by atoms with Gasteiger partial charge >= 0.3 is 24.0 Å². The average molecular weight is 973 g/mol. The molecule has 0 radical (unpaired) electrons. The summed E-state index contributed by atoms with van der Waals surface area (Å²) >= 11 is 0. The molecule has 0 spiro atoms. The zero-order valence-corrected chi connectivity index (χ0v) is 43.7. The maximum absolute atomic E-state index is 15.0. The van der Waals surface area contributed by atoms with Crippen LogP contribution in [0.2, 0.25) is 0 Å². The van der Waals surface area contributed by atoms with Crippen LogP contribution < -0.4 is 16.0 Å². The Morgan fingerprint density at radius 3 is 1.91 bits per heavy atom. The molecule has 0 bridgehead atoms. The molecule has 0 saturated heterocycles. The molecule has 1 heterocycles. The number of halogens is 1. The number of hydrogen-bond acceptors (Lipinski definition) is 12. The maximum atomic E-state index is 15.0. The minimum Gasteiger partial charge on any atom is -0.469 e. The Kier molecular flexibility index (Phi) is 21.4. The van der Waals surface area contributed by atoms with Gasteiger partial charge in [0.1, 0.15) is 35.6 Å². The summed E-state index contributed by atoms with van der Waals surface area (Å²) in [6.45, 7) is 22.5. The van der Waals surface area contributed by atoms with E-state index in [1.807, 2.05) is 13.8 Å². The highest BCUT2D eigenvalue weighted by molar-refractivity contribution is 5.98. The Morgan fingerprint density at radius 1 is 0.797 bits per heavy atom. The summed E-state index contributed by atoms with van der Waals surface area (Å²) in [5, 5.41) is 8.82. The van der Waals surface area contributed by atoms with Crippen molar-refractivity contribution in [3.8, 4) is 0 Å². The Bertz CT molecular complexity index is 2200. The monoisotopic (exact) mass is 973 g/mol. The highest BCUT2D eigenvalue weighted by Gasteiger charge is 2.47. The molecule has 0 aliphatic rings. The minimum atomic E-state index is -1.36. The van der Waals surface area contributed by atoms with E-state index < -0.39 is 100 Å². The molecule has 0 aliphatic carbocycles. The van der Waals surface area contributed by atoms with E-state index in [1.54, 1.807) is 106 Å². The number of aromatic nitrogens is 1. The van der Waals surface area contributed by atoms with Crippen LogP contribution in [0, 0.1) is 17.2 Å². The quantitative estimate of drug-likeness (QED) is 0.0744. The second-order valence-corrected chi connectivity index (χ2v) is 20.2. The van der Waals surface area contributed by atoms with Crippen LogP contribution >= 0.6 is 0 Å². The molecule has 18 nitrogen and oxygen atoms in total. The van der Waals surface area contributed by atoms with Gasteiger partial charge in [0.15, 0.2) is 0 Å². The topological polar surface area (TPSA) is 221 Å². The molecular formula is C50H77FN6O12. The van der Waals surface area contributed by atoms with Crippen LogP contribution in [0.1, 0.15) is 121 Å². The van der Waals surface area contributed by atoms with Gasteiger partial charge in [-0.3, -0.25) is 33.7 Å². The van der Waals surface area contributed by atoms with Crippen molar-refractivity contribution >= 4 is 58.5 Å². The Balaban J connectivity index is 2.57. The number of nitrogens with one attached hydrogen (secondary N) is 3. The lowest BCUT2D eigenvalue weighted by Gasteiger charge is -2.42. The van der Waals surface area contributed by atoms with Crippen molar-refractivity contribution in [1.29, 1.82) is 0 Å². The van der Waals surface area contributed by atoms with Gasteiger partial charge in [-0.25, -0.2) is 14.0 Å². The number of methoxy groups -OCH3 is 1. The van der Waals surface area contributed by atoms with Gasteiger partial charge in [-0.05, 0) is 89.5 Å². The van der Waals surface area contributed by atoms with Gasteiger partial charge in [0.05, 0.1) is 31.9 Å². The molecule has 5 atom stereocenters. The molecule has 2 rings (SSSR count). The van der Waals surface area contributed by atoms with Gasteiger partial charge in [0.25, 0.3) is 0 Å². The first-order valence-corrected chi connectivity index (χ1v) is 23.3. The summed E-state index contributed by atoms with van der Waals surface area (Å²) in [4.78, 5) is 111. The van der Waals surface area contributed by atoms with Gasteiger partial charge in [-0.1, -0.05) is 54.5 Å². The first kappa shape index (κ1) is 59.1. The summed E-state index contributed by atoms with van der Waals surface area (Å²) < 4.78 is 36.7. The lowest BCUT2D eigenvalue weighted by molar-refractivity contribution is -0.149. The zero-order chi connectivity index (χ0) is 52.9. The molecule has 5 amide bonds. The predicted molar refractivity (Wildman–Crippen MR) is 258 cm³/mol. The van der Waals surface area contributed by atoms with Crippen molar-refractivity contribution in [1.82, 2.24) is 30.3 Å². The van der Waals surface area contributed by atoms with Crippen LogP contribution in [-0.4, -0.2) is 132 Å². The molecule has 2 aromatic rings. The minimum absolute atomic E-state index is 0.00588. The highest BCUT2D eigenvalue weighted by Crippen LogP contribution is 2.37. The lowest BCUT2D eigenvalue weighted by atomic mass is 9.76. The average Bonchev–Trinajstić information content (AvgIpc) is 3.58.